The summed E-state index contributed by atoms with van der Waals surface area (Å²) < 4.78 is 12.9. The van der Waals surface area contributed by atoms with Crippen molar-refractivity contribution in [3.8, 4) is 11.1 Å². The van der Waals surface area contributed by atoms with E-state index in [1.54, 1.807) is 0 Å². The lowest BCUT2D eigenvalue weighted by Gasteiger charge is -2.43. The van der Waals surface area contributed by atoms with Crippen LogP contribution in [-0.4, -0.2) is 57.8 Å². The number of Topliss-reactive ketones (excluding diaryl/α,β-unsaturated/α-hetero) is 1. The Balaban J connectivity index is 1.20. The molecule has 0 amide bonds. The summed E-state index contributed by atoms with van der Waals surface area (Å²) in [6, 6.07) is 38.0. The first-order valence-electron chi connectivity index (χ1n) is 16.6. The van der Waals surface area contributed by atoms with Gasteiger partial charge in [-0.3, -0.25) is 14.5 Å². The predicted octanol–water partition coefficient (Wildman–Crippen LogP) is 6.98. The molecule has 1 aliphatic carbocycles. The van der Waals surface area contributed by atoms with Crippen molar-refractivity contribution >= 4 is 30.4 Å². The lowest BCUT2D eigenvalue weighted by molar-refractivity contribution is -0.145. The van der Waals surface area contributed by atoms with Crippen LogP contribution in [0.4, 0.5) is 0 Å². The number of carbonyl (C=O) groups is 2. The van der Waals surface area contributed by atoms with Crippen LogP contribution in [0.5, 0.6) is 0 Å². The summed E-state index contributed by atoms with van der Waals surface area (Å²) in [6.07, 6.45) is 2.08. The van der Waals surface area contributed by atoms with Crippen LogP contribution in [0.3, 0.4) is 0 Å². The molecule has 0 saturated carbocycles. The predicted molar refractivity (Wildman–Crippen MR) is 189 cm³/mol. The van der Waals surface area contributed by atoms with Crippen LogP contribution < -0.4 is 10.4 Å². The highest BCUT2D eigenvalue weighted by molar-refractivity contribution is 6.99. The average molecular weight is 634 g/mol. The summed E-state index contributed by atoms with van der Waals surface area (Å²) in [5.41, 5.74) is 4.79. The number of unbranched alkanes of at least 4 members (excludes halogenated alkanes) is 1. The molecular formula is C40H47NO4Si. The van der Waals surface area contributed by atoms with Gasteiger partial charge in [0.15, 0.2) is 0 Å². The van der Waals surface area contributed by atoms with Gasteiger partial charge in [-0.15, -0.1) is 0 Å². The van der Waals surface area contributed by atoms with Gasteiger partial charge in [0.1, 0.15) is 12.4 Å². The number of benzene rings is 4. The first-order valence-corrected chi connectivity index (χ1v) is 18.5. The molecule has 0 bridgehead atoms. The molecule has 4 aromatic carbocycles. The van der Waals surface area contributed by atoms with Crippen LogP contribution in [0.1, 0.15) is 64.0 Å². The van der Waals surface area contributed by atoms with Crippen LogP contribution in [0.2, 0.25) is 5.04 Å². The van der Waals surface area contributed by atoms with E-state index in [2.05, 4.69) is 106 Å². The Kier molecular flexibility index (Phi) is 11.0. The summed E-state index contributed by atoms with van der Waals surface area (Å²) in [6.45, 7) is 10.6. The van der Waals surface area contributed by atoms with Gasteiger partial charge >= 0.3 is 5.97 Å². The fourth-order valence-electron chi connectivity index (χ4n) is 6.84. The maximum Gasteiger partial charge on any atom is 0.320 e. The Labute approximate surface area is 275 Å². The molecular weight excluding hydrogens is 587 g/mol. The normalized spacial score (nSPS) is 13.0. The number of esters is 1. The summed E-state index contributed by atoms with van der Waals surface area (Å²) in [5, 5.41) is 2.44. The Morgan fingerprint density at radius 3 is 1.76 bits per heavy atom. The molecule has 0 radical (unpaired) electrons. The third kappa shape index (κ3) is 7.41. The number of nitrogens with zero attached hydrogens (tertiary/aromatic N) is 1. The summed E-state index contributed by atoms with van der Waals surface area (Å²) in [5.74, 6) is -0.162. The first-order chi connectivity index (χ1) is 22.2. The molecule has 5 rings (SSSR count). The number of ether oxygens (including phenoxy) is 1. The standard InChI is InChI=1S/C40H47NO4Si/c1-5-31(42)28-41(29-39(43)44-30-38-36-24-14-12-22-34(36)35-23-13-15-25-37(35)38)26-16-17-27-45-46(40(2,3)4,32-18-8-6-9-19-32)33-20-10-7-11-21-33/h6-15,18-25,38H,5,16-17,26-30H2,1-4H3. The van der Waals surface area contributed by atoms with Crippen molar-refractivity contribution in [1.82, 2.24) is 4.90 Å². The molecule has 0 heterocycles. The SMILES string of the molecule is CCC(=O)CN(CCCCO[Si](c1ccccc1)(c1ccccc1)C(C)(C)C)CC(=O)OCC1c2ccccc2-c2ccccc21. The average Bonchev–Trinajstić information content (AvgIpc) is 3.39. The molecule has 0 fully saturated rings. The Morgan fingerprint density at radius 1 is 0.717 bits per heavy atom. The van der Waals surface area contributed by atoms with Gasteiger partial charge in [-0.05, 0) is 57.1 Å². The quantitative estimate of drug-likeness (QED) is 0.0804. The molecule has 1 aliphatic rings. The molecule has 5 nitrogen and oxygen atoms in total. The minimum Gasteiger partial charge on any atom is -0.464 e. The minimum atomic E-state index is -2.60. The third-order valence-electron chi connectivity index (χ3n) is 9.12. The van der Waals surface area contributed by atoms with E-state index in [0.717, 1.165) is 12.8 Å². The van der Waals surface area contributed by atoms with E-state index in [4.69, 9.17) is 9.16 Å². The third-order valence-corrected chi connectivity index (χ3v) is 14.2. The van der Waals surface area contributed by atoms with Gasteiger partial charge in [0.05, 0.1) is 13.1 Å². The van der Waals surface area contributed by atoms with Gasteiger partial charge in [0.2, 0.25) is 0 Å². The van der Waals surface area contributed by atoms with Crippen molar-refractivity contribution < 1.29 is 18.8 Å². The molecule has 0 saturated heterocycles. The Morgan fingerprint density at radius 2 is 1.24 bits per heavy atom. The number of hydrogen-bond donors (Lipinski definition) is 0. The molecule has 46 heavy (non-hydrogen) atoms. The van der Waals surface area contributed by atoms with Crippen molar-refractivity contribution in [3.05, 3.63) is 120 Å². The second-order valence-corrected chi connectivity index (χ2v) is 17.5. The van der Waals surface area contributed by atoms with Crippen molar-refractivity contribution in [1.29, 1.82) is 0 Å². The molecule has 0 aliphatic heterocycles. The van der Waals surface area contributed by atoms with Crippen LogP contribution in [0, 0.1) is 0 Å². The maximum absolute atomic E-state index is 13.2. The molecule has 0 atom stereocenters. The number of ketones is 1. The Bertz CT molecular complexity index is 1510. The summed E-state index contributed by atoms with van der Waals surface area (Å²) >= 11 is 0. The highest BCUT2D eigenvalue weighted by atomic mass is 28.4. The number of carbonyl (C=O) groups excluding carboxylic acids is 2. The van der Waals surface area contributed by atoms with Crippen LogP contribution in [0.15, 0.2) is 109 Å². The van der Waals surface area contributed by atoms with Crippen molar-refractivity contribution in [3.63, 3.8) is 0 Å². The van der Waals surface area contributed by atoms with Gasteiger partial charge in [0.25, 0.3) is 8.32 Å². The molecule has 4 aromatic rings. The molecule has 6 heteroatoms. The van der Waals surface area contributed by atoms with Gasteiger partial charge in [0, 0.05) is 18.9 Å². The Hall–Kier alpha value is -3.84. The highest BCUT2D eigenvalue weighted by Gasteiger charge is 2.50. The van der Waals surface area contributed by atoms with E-state index in [-0.39, 0.29) is 42.4 Å². The number of fused-ring (bicyclic) bond motifs is 3. The van der Waals surface area contributed by atoms with Crippen molar-refractivity contribution in [2.24, 2.45) is 0 Å². The zero-order valence-electron chi connectivity index (χ0n) is 27.7. The number of rotatable bonds is 15. The van der Waals surface area contributed by atoms with Gasteiger partial charge in [-0.1, -0.05) is 137 Å². The monoisotopic (exact) mass is 633 g/mol. The second-order valence-electron chi connectivity index (χ2n) is 13.2. The maximum atomic E-state index is 13.2. The smallest absolute Gasteiger partial charge is 0.320 e. The van der Waals surface area contributed by atoms with Gasteiger partial charge < -0.3 is 9.16 Å². The topological polar surface area (TPSA) is 55.8 Å². The van der Waals surface area contributed by atoms with Crippen LogP contribution in [0.25, 0.3) is 11.1 Å². The molecule has 0 N–H and O–H groups in total. The van der Waals surface area contributed by atoms with E-state index in [1.165, 1.54) is 32.6 Å². The van der Waals surface area contributed by atoms with Crippen LogP contribution >= 0.6 is 0 Å². The fraction of sp³-hybridized carbons (Fsp3) is 0.350. The van der Waals surface area contributed by atoms with Crippen LogP contribution in [-0.2, 0) is 18.8 Å². The zero-order valence-corrected chi connectivity index (χ0v) is 28.7. The van der Waals surface area contributed by atoms with Crippen molar-refractivity contribution in [2.75, 3.05) is 32.8 Å². The molecule has 0 spiro atoms. The largest absolute Gasteiger partial charge is 0.464 e. The molecule has 0 aromatic heterocycles. The summed E-state index contributed by atoms with van der Waals surface area (Å²) in [4.78, 5) is 27.6. The zero-order chi connectivity index (χ0) is 32.6. The second kappa shape index (κ2) is 15.2. The van der Waals surface area contributed by atoms with E-state index >= 15 is 0 Å². The van der Waals surface area contributed by atoms with E-state index < -0.39 is 8.32 Å². The van der Waals surface area contributed by atoms with Gasteiger partial charge in [-0.25, -0.2) is 0 Å². The summed E-state index contributed by atoms with van der Waals surface area (Å²) in [7, 11) is -2.60. The van der Waals surface area contributed by atoms with E-state index in [9.17, 15) is 9.59 Å². The molecule has 0 unspecified atom stereocenters. The highest BCUT2D eigenvalue weighted by Crippen LogP contribution is 2.44. The molecule has 240 valence electrons. The number of hydrogen-bond acceptors (Lipinski definition) is 5. The van der Waals surface area contributed by atoms with E-state index in [1.807, 2.05) is 36.1 Å². The lowest BCUT2D eigenvalue weighted by atomic mass is 9.98. The van der Waals surface area contributed by atoms with Crippen molar-refractivity contribution in [2.45, 2.75) is 57.9 Å². The van der Waals surface area contributed by atoms with E-state index in [0.29, 0.717) is 19.6 Å². The fourth-order valence-corrected chi connectivity index (χ4v) is 11.4. The van der Waals surface area contributed by atoms with Gasteiger partial charge in [-0.2, -0.15) is 0 Å². The minimum absolute atomic E-state index is 0.0145. The first kappa shape index (κ1) is 33.5. The lowest BCUT2D eigenvalue weighted by Crippen LogP contribution is -2.66.